The highest BCUT2D eigenvalue weighted by Crippen LogP contribution is 2.44. The Labute approximate surface area is 171 Å². The van der Waals surface area contributed by atoms with Gasteiger partial charge in [-0.25, -0.2) is 14.4 Å². The van der Waals surface area contributed by atoms with Crippen molar-refractivity contribution in [3.8, 4) is 0 Å². The number of benzene rings is 1. The average molecular weight is 397 g/mol. The van der Waals surface area contributed by atoms with Crippen LogP contribution in [0, 0.1) is 5.82 Å². The molecule has 29 heavy (non-hydrogen) atoms. The second-order valence-corrected chi connectivity index (χ2v) is 8.81. The molecule has 3 heterocycles. The molecule has 1 amide bonds. The van der Waals surface area contributed by atoms with E-state index in [-0.39, 0.29) is 29.3 Å². The molecule has 0 saturated carbocycles. The Balaban J connectivity index is 1.62. The van der Waals surface area contributed by atoms with Crippen LogP contribution in [0.25, 0.3) is 0 Å². The lowest BCUT2D eigenvalue weighted by Gasteiger charge is -2.42. The molecule has 7 heteroatoms. The first-order chi connectivity index (χ1) is 13.8. The third-order valence-corrected chi connectivity index (χ3v) is 6.07. The molecule has 0 N–H and O–H groups in total. The number of hydrogen-bond acceptors (Lipinski definition) is 5. The molecule has 2 saturated heterocycles. The number of piperidine rings is 1. The van der Waals surface area contributed by atoms with Gasteiger partial charge in [0.2, 0.25) is 5.95 Å². The molecule has 4 rings (SSSR count). The third-order valence-electron chi connectivity index (χ3n) is 6.07. The monoisotopic (exact) mass is 397 g/mol. The van der Waals surface area contributed by atoms with Crippen LogP contribution in [-0.4, -0.2) is 59.0 Å². The van der Waals surface area contributed by atoms with Crippen LogP contribution in [0.4, 0.5) is 16.0 Å². The molecule has 2 atom stereocenters. The summed E-state index contributed by atoms with van der Waals surface area (Å²) in [4.78, 5) is 28.0. The fourth-order valence-electron chi connectivity index (χ4n) is 4.89. The third kappa shape index (κ3) is 3.54. The zero-order valence-corrected chi connectivity index (χ0v) is 17.5. The summed E-state index contributed by atoms with van der Waals surface area (Å²) in [5.41, 5.74) is 1.23. The van der Waals surface area contributed by atoms with Gasteiger partial charge in [-0.05, 0) is 51.3 Å². The van der Waals surface area contributed by atoms with Crippen molar-refractivity contribution in [2.75, 3.05) is 30.4 Å². The maximum atomic E-state index is 13.9. The molecule has 154 valence electrons. The number of amides is 1. The minimum Gasteiger partial charge on any atom is -0.361 e. The van der Waals surface area contributed by atoms with E-state index in [1.54, 1.807) is 24.5 Å². The smallest absolute Gasteiger partial charge is 0.257 e. The SMILES string of the molecule is CN(C)c1ncc(C(=O)N2CCC[C@H]3[C@@H]2CC(C)(C)N3c2cccc(F)c2)cn1. The molecular formula is C22H28FN5O. The molecule has 0 aliphatic carbocycles. The van der Waals surface area contributed by atoms with Gasteiger partial charge in [0.1, 0.15) is 5.82 Å². The van der Waals surface area contributed by atoms with Crippen LogP contribution in [0.1, 0.15) is 43.5 Å². The van der Waals surface area contributed by atoms with Crippen LogP contribution >= 0.6 is 0 Å². The first-order valence-corrected chi connectivity index (χ1v) is 10.1. The minimum absolute atomic E-state index is 0.0260. The quantitative estimate of drug-likeness (QED) is 0.795. The number of aromatic nitrogens is 2. The van der Waals surface area contributed by atoms with Crippen LogP contribution in [0.5, 0.6) is 0 Å². The number of fused-ring (bicyclic) bond motifs is 1. The van der Waals surface area contributed by atoms with Crippen molar-refractivity contribution in [1.82, 2.24) is 14.9 Å². The van der Waals surface area contributed by atoms with Gasteiger partial charge in [0.25, 0.3) is 5.91 Å². The van der Waals surface area contributed by atoms with E-state index < -0.39 is 0 Å². The maximum absolute atomic E-state index is 13.9. The van der Waals surface area contributed by atoms with Gasteiger partial charge in [0, 0.05) is 44.3 Å². The molecule has 2 aromatic rings. The molecular weight excluding hydrogens is 369 g/mol. The lowest BCUT2D eigenvalue weighted by molar-refractivity contribution is 0.0604. The van der Waals surface area contributed by atoms with Gasteiger partial charge in [-0.15, -0.1) is 0 Å². The van der Waals surface area contributed by atoms with Crippen molar-refractivity contribution in [3.05, 3.63) is 48.0 Å². The summed E-state index contributed by atoms with van der Waals surface area (Å²) >= 11 is 0. The van der Waals surface area contributed by atoms with E-state index in [0.29, 0.717) is 11.5 Å². The van der Waals surface area contributed by atoms with Crippen molar-refractivity contribution in [2.45, 2.75) is 50.7 Å². The largest absolute Gasteiger partial charge is 0.361 e. The lowest BCUT2D eigenvalue weighted by Crippen LogP contribution is -2.53. The zero-order valence-electron chi connectivity index (χ0n) is 17.5. The van der Waals surface area contributed by atoms with Crippen LogP contribution < -0.4 is 9.80 Å². The average Bonchev–Trinajstić information content (AvgIpc) is 2.97. The summed E-state index contributed by atoms with van der Waals surface area (Å²) in [7, 11) is 3.74. The fourth-order valence-corrected chi connectivity index (χ4v) is 4.89. The molecule has 6 nitrogen and oxygen atoms in total. The van der Waals surface area contributed by atoms with Crippen molar-refractivity contribution in [1.29, 1.82) is 0 Å². The van der Waals surface area contributed by atoms with Crippen molar-refractivity contribution < 1.29 is 9.18 Å². The summed E-state index contributed by atoms with van der Waals surface area (Å²) in [5, 5.41) is 0. The molecule has 0 radical (unpaired) electrons. The highest BCUT2D eigenvalue weighted by atomic mass is 19.1. The Morgan fingerprint density at radius 2 is 1.93 bits per heavy atom. The first kappa shape index (κ1) is 19.6. The van der Waals surface area contributed by atoms with Gasteiger partial charge < -0.3 is 14.7 Å². The normalized spacial score (nSPS) is 23.1. The van der Waals surface area contributed by atoms with Gasteiger partial charge in [0.05, 0.1) is 17.6 Å². The number of carbonyl (C=O) groups is 1. The van der Waals surface area contributed by atoms with E-state index in [1.165, 1.54) is 6.07 Å². The number of halogens is 1. The van der Waals surface area contributed by atoms with E-state index >= 15 is 0 Å². The molecule has 2 aliphatic rings. The van der Waals surface area contributed by atoms with Crippen LogP contribution in [0.2, 0.25) is 0 Å². The van der Waals surface area contributed by atoms with E-state index in [1.807, 2.05) is 30.0 Å². The lowest BCUT2D eigenvalue weighted by atomic mass is 9.93. The molecule has 1 aromatic carbocycles. The Morgan fingerprint density at radius 3 is 2.59 bits per heavy atom. The van der Waals surface area contributed by atoms with Gasteiger partial charge in [-0.2, -0.15) is 0 Å². The highest BCUT2D eigenvalue weighted by molar-refractivity contribution is 5.94. The standard InChI is InChI=1S/C22H28FN5O/c1-22(2)12-19-18(28(22)17-8-5-7-16(23)11-17)9-6-10-27(19)20(29)15-13-24-21(25-14-15)26(3)4/h5,7-8,11,13-14,18-19H,6,9-10,12H2,1-4H3/t18-,19-/m0/s1. The number of hydrogen-bond donors (Lipinski definition) is 0. The summed E-state index contributed by atoms with van der Waals surface area (Å²) in [5.74, 6) is 0.322. The van der Waals surface area contributed by atoms with E-state index in [9.17, 15) is 9.18 Å². The number of carbonyl (C=O) groups excluding carboxylic acids is 1. The number of likely N-dealkylation sites (tertiary alicyclic amines) is 1. The minimum atomic E-state index is -0.233. The Kier molecular flexibility index (Phi) is 4.92. The van der Waals surface area contributed by atoms with Gasteiger partial charge in [-0.3, -0.25) is 4.79 Å². The highest BCUT2D eigenvalue weighted by Gasteiger charge is 2.50. The summed E-state index contributed by atoms with van der Waals surface area (Å²) in [6.07, 6.45) is 5.98. The number of rotatable bonds is 3. The predicted molar refractivity (Wildman–Crippen MR) is 112 cm³/mol. The van der Waals surface area contributed by atoms with E-state index in [2.05, 4.69) is 28.7 Å². The first-order valence-electron chi connectivity index (χ1n) is 10.1. The Morgan fingerprint density at radius 1 is 1.21 bits per heavy atom. The van der Waals surface area contributed by atoms with Crippen molar-refractivity contribution in [2.24, 2.45) is 0 Å². The molecule has 2 fully saturated rings. The van der Waals surface area contributed by atoms with E-state index in [0.717, 1.165) is 31.5 Å². The van der Waals surface area contributed by atoms with Crippen molar-refractivity contribution >= 4 is 17.5 Å². The molecule has 1 aromatic heterocycles. The second kappa shape index (κ2) is 7.28. The molecule has 2 aliphatic heterocycles. The van der Waals surface area contributed by atoms with Gasteiger partial charge >= 0.3 is 0 Å². The van der Waals surface area contributed by atoms with Gasteiger partial charge in [-0.1, -0.05) is 6.07 Å². The molecule has 0 unspecified atom stereocenters. The summed E-state index contributed by atoms with van der Waals surface area (Å²) < 4.78 is 13.9. The molecule has 0 bridgehead atoms. The fraction of sp³-hybridized carbons (Fsp3) is 0.500. The second-order valence-electron chi connectivity index (χ2n) is 8.81. The maximum Gasteiger partial charge on any atom is 0.257 e. The number of nitrogens with zero attached hydrogens (tertiary/aromatic N) is 5. The summed E-state index contributed by atoms with van der Waals surface area (Å²) in [6.45, 7) is 5.07. The van der Waals surface area contributed by atoms with E-state index in [4.69, 9.17) is 0 Å². The number of anilines is 2. The topological polar surface area (TPSA) is 52.6 Å². The summed E-state index contributed by atoms with van der Waals surface area (Å²) in [6, 6.07) is 7.04. The van der Waals surface area contributed by atoms with Crippen LogP contribution in [0.15, 0.2) is 36.7 Å². The van der Waals surface area contributed by atoms with Crippen LogP contribution in [0.3, 0.4) is 0 Å². The molecule has 0 spiro atoms. The Hall–Kier alpha value is -2.70. The van der Waals surface area contributed by atoms with Gasteiger partial charge in [0.15, 0.2) is 0 Å². The predicted octanol–water partition coefficient (Wildman–Crippen LogP) is 3.34. The zero-order chi connectivity index (χ0) is 20.8. The van der Waals surface area contributed by atoms with Crippen LogP contribution in [-0.2, 0) is 0 Å². The van der Waals surface area contributed by atoms with Crippen molar-refractivity contribution in [3.63, 3.8) is 0 Å². The Bertz CT molecular complexity index is 898.